The molecule has 90 valence electrons. The summed E-state index contributed by atoms with van der Waals surface area (Å²) in [6.45, 7) is 5.25. The molecule has 0 aliphatic carbocycles. The summed E-state index contributed by atoms with van der Waals surface area (Å²) in [5.74, 6) is 0.643. The van der Waals surface area contributed by atoms with Gasteiger partial charge in [-0.3, -0.25) is 0 Å². The van der Waals surface area contributed by atoms with Crippen LogP contribution in [0, 0.1) is 5.92 Å². The lowest BCUT2D eigenvalue weighted by molar-refractivity contribution is 0.519. The van der Waals surface area contributed by atoms with Gasteiger partial charge in [-0.1, -0.05) is 49.9 Å². The van der Waals surface area contributed by atoms with Crippen LogP contribution in [0.3, 0.4) is 0 Å². The van der Waals surface area contributed by atoms with E-state index >= 15 is 0 Å². The zero-order valence-corrected chi connectivity index (χ0v) is 11.2. The van der Waals surface area contributed by atoms with Crippen molar-refractivity contribution in [3.05, 3.63) is 22.2 Å². The first-order chi connectivity index (χ1) is 7.58. The molecule has 0 aliphatic rings. The second-order valence-electron chi connectivity index (χ2n) is 3.92. The lowest BCUT2D eigenvalue weighted by Gasteiger charge is -2.16. The van der Waals surface area contributed by atoms with Crippen molar-refractivity contribution in [2.45, 2.75) is 26.7 Å². The summed E-state index contributed by atoms with van der Waals surface area (Å²) in [4.78, 5) is 0. The summed E-state index contributed by atoms with van der Waals surface area (Å²) in [5.41, 5.74) is 7.01. The zero-order valence-electron chi connectivity index (χ0n) is 9.69. The molecule has 4 heteroatoms. The molecule has 0 radical (unpaired) electrons. The third kappa shape index (κ3) is 3.46. The highest BCUT2D eigenvalue weighted by molar-refractivity contribution is 6.39. The van der Waals surface area contributed by atoms with Gasteiger partial charge in [0, 0.05) is 12.2 Å². The maximum atomic E-state index is 6.08. The Hall–Kier alpha value is -0.600. The summed E-state index contributed by atoms with van der Waals surface area (Å²) in [6, 6.07) is 3.42. The third-order valence-electron chi connectivity index (χ3n) is 2.79. The predicted octanol–water partition coefficient (Wildman–Crippen LogP) is 4.42. The number of nitrogen functional groups attached to an aromatic ring is 1. The largest absolute Gasteiger partial charge is 0.399 e. The van der Waals surface area contributed by atoms with Gasteiger partial charge in [0.1, 0.15) is 0 Å². The van der Waals surface area contributed by atoms with Gasteiger partial charge in [0.25, 0.3) is 0 Å². The molecule has 0 saturated heterocycles. The van der Waals surface area contributed by atoms with Crippen molar-refractivity contribution in [1.29, 1.82) is 0 Å². The Bertz CT molecular complexity index is 326. The summed E-state index contributed by atoms with van der Waals surface area (Å²) in [7, 11) is 0. The number of rotatable bonds is 5. The smallest absolute Gasteiger partial charge is 0.0720 e. The van der Waals surface area contributed by atoms with Crippen LogP contribution in [0.2, 0.25) is 10.0 Å². The standard InChI is InChI=1S/C12H18Cl2N2/c1-3-8(4-2)7-16-12-10(13)5-9(15)6-11(12)14/h5-6,8,16H,3-4,7,15H2,1-2H3. The normalized spacial score (nSPS) is 10.8. The minimum absolute atomic E-state index is 0.580. The third-order valence-corrected chi connectivity index (χ3v) is 3.38. The lowest BCUT2D eigenvalue weighted by atomic mass is 10.0. The molecular formula is C12H18Cl2N2. The number of nitrogens with one attached hydrogen (secondary N) is 1. The molecule has 0 fully saturated rings. The second-order valence-corrected chi connectivity index (χ2v) is 4.74. The van der Waals surface area contributed by atoms with Crippen molar-refractivity contribution in [2.75, 3.05) is 17.6 Å². The fourth-order valence-corrected chi connectivity index (χ4v) is 2.22. The fourth-order valence-electron chi connectivity index (χ4n) is 1.59. The van der Waals surface area contributed by atoms with Crippen LogP contribution in [-0.4, -0.2) is 6.54 Å². The number of nitrogens with two attached hydrogens (primary N) is 1. The topological polar surface area (TPSA) is 38.0 Å². The zero-order chi connectivity index (χ0) is 12.1. The van der Waals surface area contributed by atoms with Crippen molar-refractivity contribution in [1.82, 2.24) is 0 Å². The Morgan fingerprint density at radius 3 is 2.12 bits per heavy atom. The number of halogens is 2. The molecule has 0 spiro atoms. The highest BCUT2D eigenvalue weighted by Crippen LogP contribution is 2.33. The van der Waals surface area contributed by atoms with Gasteiger partial charge in [-0.2, -0.15) is 0 Å². The van der Waals surface area contributed by atoms with Crippen LogP contribution in [0.25, 0.3) is 0 Å². The van der Waals surface area contributed by atoms with E-state index in [0.717, 1.165) is 25.1 Å². The van der Waals surface area contributed by atoms with Crippen molar-refractivity contribution in [2.24, 2.45) is 5.92 Å². The Morgan fingerprint density at radius 1 is 1.19 bits per heavy atom. The molecule has 0 aromatic heterocycles. The van der Waals surface area contributed by atoms with Crippen LogP contribution in [-0.2, 0) is 0 Å². The molecule has 0 saturated carbocycles. The van der Waals surface area contributed by atoms with Crippen molar-refractivity contribution >= 4 is 34.6 Å². The molecule has 0 amide bonds. The number of hydrogen-bond acceptors (Lipinski definition) is 2. The SMILES string of the molecule is CCC(CC)CNc1c(Cl)cc(N)cc1Cl. The van der Waals surface area contributed by atoms with Gasteiger partial charge < -0.3 is 11.1 Å². The van der Waals surface area contributed by atoms with Crippen molar-refractivity contribution in [3.8, 4) is 0 Å². The van der Waals surface area contributed by atoms with E-state index in [-0.39, 0.29) is 0 Å². The first kappa shape index (κ1) is 13.5. The van der Waals surface area contributed by atoms with E-state index in [1.807, 2.05) is 0 Å². The average Bonchev–Trinajstić information content (AvgIpc) is 2.22. The number of anilines is 2. The van der Waals surface area contributed by atoms with Crippen LogP contribution < -0.4 is 11.1 Å². The molecule has 0 heterocycles. The highest BCUT2D eigenvalue weighted by atomic mass is 35.5. The molecule has 2 nitrogen and oxygen atoms in total. The van der Waals surface area contributed by atoms with Crippen LogP contribution in [0.4, 0.5) is 11.4 Å². The van der Waals surface area contributed by atoms with E-state index in [2.05, 4.69) is 19.2 Å². The molecule has 0 unspecified atom stereocenters. The first-order valence-electron chi connectivity index (χ1n) is 5.56. The van der Waals surface area contributed by atoms with Crippen LogP contribution >= 0.6 is 23.2 Å². The van der Waals surface area contributed by atoms with E-state index in [1.54, 1.807) is 12.1 Å². The molecule has 0 bridgehead atoms. The average molecular weight is 261 g/mol. The maximum absolute atomic E-state index is 6.08. The van der Waals surface area contributed by atoms with E-state index in [0.29, 0.717) is 21.7 Å². The summed E-state index contributed by atoms with van der Waals surface area (Å²) >= 11 is 12.2. The molecule has 1 rings (SSSR count). The summed E-state index contributed by atoms with van der Waals surface area (Å²) < 4.78 is 0. The minimum atomic E-state index is 0.580. The first-order valence-corrected chi connectivity index (χ1v) is 6.32. The van der Waals surface area contributed by atoms with E-state index in [1.165, 1.54) is 0 Å². The van der Waals surface area contributed by atoms with Gasteiger partial charge >= 0.3 is 0 Å². The summed E-state index contributed by atoms with van der Waals surface area (Å²) in [6.07, 6.45) is 2.29. The number of benzene rings is 1. The predicted molar refractivity (Wildman–Crippen MR) is 73.4 cm³/mol. The molecule has 0 aliphatic heterocycles. The molecular weight excluding hydrogens is 243 g/mol. The Morgan fingerprint density at radius 2 is 1.69 bits per heavy atom. The quantitative estimate of drug-likeness (QED) is 0.770. The molecule has 1 aromatic rings. The fraction of sp³-hybridized carbons (Fsp3) is 0.500. The molecule has 16 heavy (non-hydrogen) atoms. The molecule has 1 aromatic carbocycles. The Balaban J connectivity index is 2.74. The van der Waals surface area contributed by atoms with Gasteiger partial charge in [0.15, 0.2) is 0 Å². The number of hydrogen-bond donors (Lipinski definition) is 2. The van der Waals surface area contributed by atoms with Crippen molar-refractivity contribution < 1.29 is 0 Å². The van der Waals surface area contributed by atoms with E-state index < -0.39 is 0 Å². The minimum Gasteiger partial charge on any atom is -0.399 e. The van der Waals surface area contributed by atoms with E-state index in [9.17, 15) is 0 Å². The van der Waals surface area contributed by atoms with Gasteiger partial charge in [-0.15, -0.1) is 0 Å². The maximum Gasteiger partial charge on any atom is 0.0720 e. The van der Waals surface area contributed by atoms with Crippen LogP contribution in [0.15, 0.2) is 12.1 Å². The van der Waals surface area contributed by atoms with Crippen LogP contribution in [0.1, 0.15) is 26.7 Å². The van der Waals surface area contributed by atoms with Gasteiger partial charge in [-0.05, 0) is 18.1 Å². The lowest BCUT2D eigenvalue weighted by Crippen LogP contribution is -2.13. The van der Waals surface area contributed by atoms with Gasteiger partial charge in [0.2, 0.25) is 0 Å². The molecule has 0 atom stereocenters. The second kappa shape index (κ2) is 6.21. The molecule has 3 N–H and O–H groups in total. The van der Waals surface area contributed by atoms with Crippen molar-refractivity contribution in [3.63, 3.8) is 0 Å². The van der Waals surface area contributed by atoms with E-state index in [4.69, 9.17) is 28.9 Å². The highest BCUT2D eigenvalue weighted by Gasteiger charge is 2.09. The monoisotopic (exact) mass is 260 g/mol. The van der Waals surface area contributed by atoms with Crippen LogP contribution in [0.5, 0.6) is 0 Å². The summed E-state index contributed by atoms with van der Waals surface area (Å²) in [5, 5.41) is 4.45. The Kier molecular flexibility index (Phi) is 5.23. The Labute approximate surface area is 107 Å². The van der Waals surface area contributed by atoms with Gasteiger partial charge in [-0.25, -0.2) is 0 Å². The van der Waals surface area contributed by atoms with Gasteiger partial charge in [0.05, 0.1) is 15.7 Å².